The molecule has 0 unspecified atom stereocenters. The third kappa shape index (κ3) is 6.30. The number of carbonyl (C=O) groups is 1. The highest BCUT2D eigenvalue weighted by atomic mass is 32.2. The molecule has 0 atom stereocenters. The van der Waals surface area contributed by atoms with E-state index in [1.807, 2.05) is 59.7 Å². The van der Waals surface area contributed by atoms with Crippen LogP contribution in [-0.2, 0) is 10.0 Å². The van der Waals surface area contributed by atoms with Crippen molar-refractivity contribution in [2.24, 2.45) is 11.8 Å². The molecular formula is C25H32N4O4S. The number of nitrogens with zero attached hydrogens (tertiary/aromatic N) is 3. The molecule has 0 bridgehead atoms. The van der Waals surface area contributed by atoms with E-state index in [9.17, 15) is 13.2 Å². The molecule has 0 radical (unpaired) electrons. The Hall–Kier alpha value is -3.04. The van der Waals surface area contributed by atoms with E-state index in [0.29, 0.717) is 19.0 Å². The topological polar surface area (TPSA) is 105 Å². The van der Waals surface area contributed by atoms with Gasteiger partial charge in [0.25, 0.3) is 5.91 Å². The summed E-state index contributed by atoms with van der Waals surface area (Å²) in [6, 6.07) is 11.7. The molecule has 3 rings (SSSR count). The van der Waals surface area contributed by atoms with E-state index in [1.165, 1.54) is 28.6 Å². The van der Waals surface area contributed by atoms with Gasteiger partial charge in [0.15, 0.2) is 0 Å². The number of carbonyl (C=O) groups excluding carboxylic acids is 1. The maximum atomic E-state index is 13.2. The molecule has 182 valence electrons. The first-order valence-electron chi connectivity index (χ1n) is 11.3. The number of aryl methyl sites for hydroxylation is 2. The highest BCUT2D eigenvalue weighted by Gasteiger charge is 2.26. The van der Waals surface area contributed by atoms with Gasteiger partial charge in [-0.1, -0.05) is 50.0 Å². The van der Waals surface area contributed by atoms with Gasteiger partial charge in [-0.15, -0.1) is 5.10 Å². The van der Waals surface area contributed by atoms with Gasteiger partial charge in [-0.3, -0.25) is 10.1 Å². The second kappa shape index (κ2) is 10.5. The van der Waals surface area contributed by atoms with Gasteiger partial charge in [-0.25, -0.2) is 8.42 Å². The zero-order chi connectivity index (χ0) is 25.0. The van der Waals surface area contributed by atoms with Gasteiger partial charge in [0.1, 0.15) is 0 Å². The van der Waals surface area contributed by atoms with Crippen LogP contribution in [0.5, 0.6) is 0 Å². The van der Waals surface area contributed by atoms with Crippen molar-refractivity contribution in [1.29, 1.82) is 0 Å². The lowest BCUT2D eigenvalue weighted by Gasteiger charge is -2.25. The molecule has 2 aromatic carbocycles. The summed E-state index contributed by atoms with van der Waals surface area (Å²) < 4.78 is 33.4. The van der Waals surface area contributed by atoms with Gasteiger partial charge in [-0.05, 0) is 62.1 Å². The van der Waals surface area contributed by atoms with Crippen LogP contribution in [0.1, 0.15) is 49.2 Å². The zero-order valence-corrected chi connectivity index (χ0v) is 21.3. The Morgan fingerprint density at radius 1 is 0.941 bits per heavy atom. The lowest BCUT2D eigenvalue weighted by Crippen LogP contribution is -2.37. The monoisotopic (exact) mass is 484 g/mol. The van der Waals surface area contributed by atoms with Crippen LogP contribution in [0.4, 0.5) is 6.01 Å². The number of benzene rings is 2. The average molecular weight is 485 g/mol. The van der Waals surface area contributed by atoms with E-state index in [4.69, 9.17) is 4.42 Å². The summed E-state index contributed by atoms with van der Waals surface area (Å²) in [6.45, 7) is 12.8. The van der Waals surface area contributed by atoms with Crippen LogP contribution in [0.15, 0.2) is 51.8 Å². The van der Waals surface area contributed by atoms with Crippen LogP contribution < -0.4 is 5.32 Å². The Labute approximate surface area is 201 Å². The molecule has 0 saturated heterocycles. The third-order valence-corrected chi connectivity index (χ3v) is 6.85. The summed E-state index contributed by atoms with van der Waals surface area (Å²) in [5, 5.41) is 10.5. The van der Waals surface area contributed by atoms with Crippen molar-refractivity contribution in [2.75, 3.05) is 18.4 Å². The van der Waals surface area contributed by atoms with Crippen molar-refractivity contribution >= 4 is 21.9 Å². The molecular weight excluding hydrogens is 452 g/mol. The van der Waals surface area contributed by atoms with E-state index in [1.54, 1.807) is 0 Å². The standard InChI is InChI=1S/C25H32N4O4S/c1-16(2)14-29(15-17(3)4)34(31,32)22-9-7-20(8-10-22)23(30)26-25-28-27-24(33-25)21-12-18(5)11-19(6)13-21/h7-13,16-17H,14-15H2,1-6H3,(H,26,28,30). The fourth-order valence-electron chi connectivity index (χ4n) is 3.67. The van der Waals surface area contributed by atoms with Crippen LogP contribution in [0, 0.1) is 25.7 Å². The molecule has 3 aromatic rings. The van der Waals surface area contributed by atoms with Crippen molar-refractivity contribution in [3.05, 3.63) is 59.2 Å². The smallest absolute Gasteiger partial charge is 0.322 e. The number of sulfonamides is 1. The maximum Gasteiger partial charge on any atom is 0.322 e. The average Bonchev–Trinajstić information content (AvgIpc) is 3.20. The van der Waals surface area contributed by atoms with Crippen LogP contribution in [0.25, 0.3) is 11.5 Å². The Kier molecular flexibility index (Phi) is 7.89. The summed E-state index contributed by atoms with van der Waals surface area (Å²) in [6.07, 6.45) is 0. The largest absolute Gasteiger partial charge is 0.403 e. The minimum absolute atomic E-state index is 0.0316. The van der Waals surface area contributed by atoms with Crippen LogP contribution in [-0.4, -0.2) is 41.9 Å². The fraction of sp³-hybridized carbons (Fsp3) is 0.400. The summed E-state index contributed by atoms with van der Waals surface area (Å²) in [5.41, 5.74) is 3.18. The van der Waals surface area contributed by atoms with Gasteiger partial charge in [0.05, 0.1) is 4.90 Å². The normalized spacial score (nSPS) is 12.0. The lowest BCUT2D eigenvalue weighted by atomic mass is 10.1. The molecule has 34 heavy (non-hydrogen) atoms. The van der Waals surface area contributed by atoms with Crippen molar-refractivity contribution in [2.45, 2.75) is 46.4 Å². The Balaban J connectivity index is 1.74. The highest BCUT2D eigenvalue weighted by Crippen LogP contribution is 2.23. The second-order valence-electron chi connectivity index (χ2n) is 9.38. The van der Waals surface area contributed by atoms with E-state index in [-0.39, 0.29) is 28.3 Å². The fourth-order valence-corrected chi connectivity index (χ4v) is 5.44. The number of amides is 1. The van der Waals surface area contributed by atoms with Crippen LogP contribution >= 0.6 is 0 Å². The molecule has 1 N–H and O–H groups in total. The van der Waals surface area contributed by atoms with Crippen LogP contribution in [0.2, 0.25) is 0 Å². The number of rotatable bonds is 9. The molecule has 0 fully saturated rings. The molecule has 0 aliphatic carbocycles. The summed E-state index contributed by atoms with van der Waals surface area (Å²) in [4.78, 5) is 12.8. The third-order valence-electron chi connectivity index (χ3n) is 5.01. The van der Waals surface area contributed by atoms with Gasteiger partial charge in [-0.2, -0.15) is 4.31 Å². The Morgan fingerprint density at radius 2 is 1.50 bits per heavy atom. The van der Waals surface area contributed by atoms with Gasteiger partial charge < -0.3 is 4.42 Å². The lowest BCUT2D eigenvalue weighted by molar-refractivity contribution is 0.102. The number of hydrogen-bond donors (Lipinski definition) is 1. The van der Waals surface area contributed by atoms with Crippen molar-refractivity contribution < 1.29 is 17.6 Å². The zero-order valence-electron chi connectivity index (χ0n) is 20.5. The van der Waals surface area contributed by atoms with Crippen molar-refractivity contribution in [1.82, 2.24) is 14.5 Å². The molecule has 1 heterocycles. The molecule has 1 aromatic heterocycles. The first-order valence-corrected chi connectivity index (χ1v) is 12.7. The van der Waals surface area contributed by atoms with E-state index in [0.717, 1.165) is 16.7 Å². The summed E-state index contributed by atoms with van der Waals surface area (Å²) >= 11 is 0. The second-order valence-corrected chi connectivity index (χ2v) is 11.3. The molecule has 0 spiro atoms. The first kappa shape index (κ1) is 25.6. The van der Waals surface area contributed by atoms with Gasteiger partial charge in [0, 0.05) is 24.2 Å². The van der Waals surface area contributed by atoms with Crippen LogP contribution in [0.3, 0.4) is 0 Å². The van der Waals surface area contributed by atoms with E-state index < -0.39 is 15.9 Å². The molecule has 1 amide bonds. The van der Waals surface area contributed by atoms with E-state index >= 15 is 0 Å². The molecule has 9 heteroatoms. The highest BCUT2D eigenvalue weighted by molar-refractivity contribution is 7.89. The van der Waals surface area contributed by atoms with Crippen molar-refractivity contribution in [3.63, 3.8) is 0 Å². The Morgan fingerprint density at radius 3 is 2.03 bits per heavy atom. The SMILES string of the molecule is Cc1cc(C)cc(-c2nnc(NC(=O)c3ccc(S(=O)(=O)N(CC(C)C)CC(C)C)cc3)o2)c1. The number of anilines is 1. The minimum atomic E-state index is -3.67. The van der Waals surface area contributed by atoms with Gasteiger partial charge in [0.2, 0.25) is 15.9 Å². The molecule has 8 nitrogen and oxygen atoms in total. The van der Waals surface area contributed by atoms with E-state index in [2.05, 4.69) is 15.5 Å². The summed E-state index contributed by atoms with van der Waals surface area (Å²) in [7, 11) is -3.67. The molecule has 0 saturated carbocycles. The van der Waals surface area contributed by atoms with Gasteiger partial charge >= 0.3 is 6.01 Å². The maximum absolute atomic E-state index is 13.2. The Bertz CT molecular complexity index is 1220. The minimum Gasteiger partial charge on any atom is -0.403 e. The predicted molar refractivity (Wildman–Crippen MR) is 132 cm³/mol. The van der Waals surface area contributed by atoms with Crippen molar-refractivity contribution in [3.8, 4) is 11.5 Å². The molecule has 0 aliphatic heterocycles. The number of aromatic nitrogens is 2. The first-order chi connectivity index (χ1) is 16.0. The predicted octanol–water partition coefficient (Wildman–Crippen LogP) is 4.91. The molecule has 0 aliphatic rings. The quantitative estimate of drug-likeness (QED) is 0.463. The number of nitrogens with one attached hydrogen (secondary N) is 1. The number of hydrogen-bond acceptors (Lipinski definition) is 6. The summed E-state index contributed by atoms with van der Waals surface area (Å²) in [5.74, 6) is 0.225.